The molecular weight excluding hydrogens is 249 g/mol. The van der Waals surface area contributed by atoms with Crippen molar-refractivity contribution in [1.29, 1.82) is 0 Å². The quantitative estimate of drug-likeness (QED) is 0.712. The predicted molar refractivity (Wildman–Crippen MR) is 67.9 cm³/mol. The molecule has 0 spiro atoms. The molecule has 0 aliphatic rings. The Kier molecular flexibility index (Phi) is 2.49. The summed E-state index contributed by atoms with van der Waals surface area (Å²) in [6.45, 7) is 0. The molecule has 5 nitrogen and oxygen atoms in total. The summed E-state index contributed by atoms with van der Waals surface area (Å²) in [6, 6.07) is 8.67. The minimum Gasteiger partial charge on any atom is -0.273 e. The van der Waals surface area contributed by atoms with Crippen LogP contribution in [0.4, 0.5) is 4.39 Å². The molecule has 2 aromatic heterocycles. The van der Waals surface area contributed by atoms with Crippen LogP contribution in [0.15, 0.2) is 52.2 Å². The Morgan fingerprint density at radius 1 is 1.16 bits per heavy atom. The molecule has 0 radical (unpaired) electrons. The number of pyridine rings is 1. The molecule has 0 aliphatic carbocycles. The van der Waals surface area contributed by atoms with E-state index in [2.05, 4.69) is 9.97 Å². The molecule has 0 atom stereocenters. The van der Waals surface area contributed by atoms with Gasteiger partial charge in [-0.25, -0.2) is 18.7 Å². The largest absolute Gasteiger partial charge is 0.334 e. The van der Waals surface area contributed by atoms with Gasteiger partial charge in [-0.2, -0.15) is 0 Å². The fourth-order valence-electron chi connectivity index (χ4n) is 1.92. The smallest absolute Gasteiger partial charge is 0.273 e. The van der Waals surface area contributed by atoms with Crippen LogP contribution in [-0.4, -0.2) is 14.5 Å². The number of aromatic nitrogens is 3. The van der Waals surface area contributed by atoms with Crippen molar-refractivity contribution in [2.24, 2.45) is 0 Å². The number of halogens is 1. The van der Waals surface area contributed by atoms with Crippen LogP contribution in [0, 0.1) is 5.82 Å². The molecule has 0 fully saturated rings. The molecule has 0 saturated heterocycles. The Morgan fingerprint density at radius 2 is 2.00 bits per heavy atom. The molecule has 0 unspecified atom stereocenters. The predicted octanol–water partition coefficient (Wildman–Crippen LogP) is 1.21. The summed E-state index contributed by atoms with van der Waals surface area (Å²) < 4.78 is 14.4. The number of aromatic amines is 1. The van der Waals surface area contributed by atoms with Crippen molar-refractivity contribution < 1.29 is 4.39 Å². The van der Waals surface area contributed by atoms with Crippen LogP contribution >= 0.6 is 0 Å². The lowest BCUT2D eigenvalue weighted by molar-refractivity contribution is 0.626. The minimum absolute atomic E-state index is 0.196. The molecule has 0 aliphatic heterocycles. The number of benzene rings is 1. The van der Waals surface area contributed by atoms with Crippen LogP contribution in [0.3, 0.4) is 0 Å². The van der Waals surface area contributed by atoms with Crippen LogP contribution in [0.5, 0.6) is 0 Å². The van der Waals surface area contributed by atoms with Gasteiger partial charge >= 0.3 is 5.69 Å². The van der Waals surface area contributed by atoms with E-state index in [0.29, 0.717) is 5.69 Å². The van der Waals surface area contributed by atoms with Gasteiger partial charge in [0.1, 0.15) is 5.82 Å². The number of hydrogen-bond donors (Lipinski definition) is 1. The van der Waals surface area contributed by atoms with Crippen LogP contribution in [0.2, 0.25) is 0 Å². The number of fused-ring (bicyclic) bond motifs is 1. The Balaban J connectivity index is 2.48. The van der Waals surface area contributed by atoms with Crippen molar-refractivity contribution in [3.05, 3.63) is 69.3 Å². The van der Waals surface area contributed by atoms with E-state index in [0.717, 1.165) is 0 Å². The van der Waals surface area contributed by atoms with Gasteiger partial charge in [-0.05, 0) is 30.3 Å². The lowest BCUT2D eigenvalue weighted by Gasteiger charge is -2.08. The summed E-state index contributed by atoms with van der Waals surface area (Å²) in [7, 11) is 0. The Bertz CT molecular complexity index is 883. The highest BCUT2D eigenvalue weighted by atomic mass is 19.1. The van der Waals surface area contributed by atoms with Crippen LogP contribution < -0.4 is 11.2 Å². The topological polar surface area (TPSA) is 67.8 Å². The highest BCUT2D eigenvalue weighted by Gasteiger charge is 2.10. The van der Waals surface area contributed by atoms with Crippen molar-refractivity contribution in [2.75, 3.05) is 0 Å². The lowest BCUT2D eigenvalue weighted by Crippen LogP contribution is -2.29. The number of nitrogens with zero attached hydrogens (tertiary/aromatic N) is 2. The SMILES string of the molecule is O=c1[nH]c(=O)n(-c2cccc(F)c2)c2ncccc12. The minimum atomic E-state index is -0.651. The fraction of sp³-hybridized carbons (Fsp3) is 0. The second kappa shape index (κ2) is 4.16. The van der Waals surface area contributed by atoms with Crippen molar-refractivity contribution in [2.45, 2.75) is 0 Å². The molecule has 3 aromatic rings. The molecule has 19 heavy (non-hydrogen) atoms. The van der Waals surface area contributed by atoms with E-state index in [1.807, 2.05) is 0 Å². The summed E-state index contributed by atoms with van der Waals surface area (Å²) in [4.78, 5) is 29.8. The highest BCUT2D eigenvalue weighted by Crippen LogP contribution is 2.12. The van der Waals surface area contributed by atoms with Gasteiger partial charge in [-0.3, -0.25) is 9.78 Å². The second-order valence-electron chi connectivity index (χ2n) is 3.95. The van der Waals surface area contributed by atoms with E-state index >= 15 is 0 Å². The summed E-state index contributed by atoms with van der Waals surface area (Å²) in [6.07, 6.45) is 1.47. The zero-order valence-electron chi connectivity index (χ0n) is 9.63. The monoisotopic (exact) mass is 257 g/mol. The molecule has 1 aromatic carbocycles. The molecule has 0 amide bonds. The molecular formula is C13H8FN3O2. The van der Waals surface area contributed by atoms with Gasteiger partial charge in [-0.15, -0.1) is 0 Å². The number of H-pyrrole nitrogens is 1. The highest BCUT2D eigenvalue weighted by molar-refractivity contribution is 5.75. The first-order valence-corrected chi connectivity index (χ1v) is 5.53. The van der Waals surface area contributed by atoms with Crippen molar-refractivity contribution in [1.82, 2.24) is 14.5 Å². The molecule has 6 heteroatoms. The summed E-state index contributed by atoms with van der Waals surface area (Å²) >= 11 is 0. The third-order valence-corrected chi connectivity index (χ3v) is 2.73. The average molecular weight is 257 g/mol. The van der Waals surface area contributed by atoms with Gasteiger partial charge in [0.2, 0.25) is 0 Å². The van der Waals surface area contributed by atoms with E-state index < -0.39 is 17.1 Å². The van der Waals surface area contributed by atoms with Gasteiger partial charge in [0, 0.05) is 6.20 Å². The van der Waals surface area contributed by atoms with Crippen molar-refractivity contribution >= 4 is 11.0 Å². The van der Waals surface area contributed by atoms with E-state index in [-0.39, 0.29) is 11.0 Å². The van der Waals surface area contributed by atoms with E-state index in [1.165, 1.54) is 29.0 Å². The van der Waals surface area contributed by atoms with E-state index in [9.17, 15) is 14.0 Å². The van der Waals surface area contributed by atoms with E-state index in [4.69, 9.17) is 0 Å². The fourth-order valence-corrected chi connectivity index (χ4v) is 1.92. The first-order valence-electron chi connectivity index (χ1n) is 5.53. The molecule has 0 bridgehead atoms. The first kappa shape index (κ1) is 11.3. The maximum Gasteiger partial charge on any atom is 0.334 e. The van der Waals surface area contributed by atoms with Crippen LogP contribution in [0.25, 0.3) is 16.7 Å². The zero-order valence-corrected chi connectivity index (χ0v) is 9.63. The standard InChI is InChI=1S/C13H8FN3O2/c14-8-3-1-4-9(7-8)17-11-10(5-2-6-15-11)12(18)16-13(17)19/h1-7H,(H,16,18,19). The Hall–Kier alpha value is -2.76. The Labute approximate surface area is 106 Å². The van der Waals surface area contributed by atoms with E-state index in [1.54, 1.807) is 18.2 Å². The normalized spacial score (nSPS) is 10.8. The van der Waals surface area contributed by atoms with Crippen LogP contribution in [-0.2, 0) is 0 Å². The summed E-state index contributed by atoms with van der Waals surface area (Å²) in [5.41, 5.74) is -0.658. The maximum absolute atomic E-state index is 13.3. The molecule has 0 saturated carbocycles. The molecule has 94 valence electrons. The molecule has 1 N–H and O–H groups in total. The third-order valence-electron chi connectivity index (χ3n) is 2.73. The van der Waals surface area contributed by atoms with Gasteiger partial charge in [0.05, 0.1) is 11.1 Å². The van der Waals surface area contributed by atoms with Gasteiger partial charge < -0.3 is 0 Å². The average Bonchev–Trinajstić information content (AvgIpc) is 2.39. The Morgan fingerprint density at radius 3 is 2.79 bits per heavy atom. The third kappa shape index (κ3) is 1.83. The summed E-state index contributed by atoms with van der Waals surface area (Å²) in [5.74, 6) is -0.473. The van der Waals surface area contributed by atoms with Crippen molar-refractivity contribution in [3.8, 4) is 5.69 Å². The second-order valence-corrected chi connectivity index (χ2v) is 3.95. The number of nitrogens with one attached hydrogen (secondary N) is 1. The maximum atomic E-state index is 13.3. The zero-order chi connectivity index (χ0) is 13.4. The lowest BCUT2D eigenvalue weighted by atomic mass is 10.3. The van der Waals surface area contributed by atoms with Crippen molar-refractivity contribution in [3.63, 3.8) is 0 Å². The molecule has 2 heterocycles. The number of hydrogen-bond acceptors (Lipinski definition) is 3. The molecule has 3 rings (SSSR count). The van der Waals surface area contributed by atoms with Gasteiger partial charge in [0.15, 0.2) is 5.65 Å². The van der Waals surface area contributed by atoms with Crippen LogP contribution in [0.1, 0.15) is 0 Å². The number of rotatable bonds is 1. The summed E-state index contributed by atoms with van der Waals surface area (Å²) in [5, 5.41) is 0.270. The van der Waals surface area contributed by atoms with Gasteiger partial charge in [0.25, 0.3) is 5.56 Å². The first-order chi connectivity index (χ1) is 9.16. The van der Waals surface area contributed by atoms with Gasteiger partial charge in [-0.1, -0.05) is 6.07 Å².